The molecule has 0 unspecified atom stereocenters. The van der Waals surface area contributed by atoms with Gasteiger partial charge in [-0.05, 0) is 37.0 Å². The molecule has 1 heterocycles. The number of carbonyl (C=O) groups excluding carboxylic acids is 2. The van der Waals surface area contributed by atoms with Gasteiger partial charge >= 0.3 is 0 Å². The molecule has 0 atom stereocenters. The van der Waals surface area contributed by atoms with Crippen LogP contribution in [0.2, 0.25) is 0 Å². The lowest BCUT2D eigenvalue weighted by atomic mass is 10.2. The molecule has 0 aromatic heterocycles. The summed E-state index contributed by atoms with van der Waals surface area (Å²) in [5.41, 5.74) is 0.311. The largest absolute Gasteiger partial charge is 0.294 e. The molecule has 1 aliphatic rings. The van der Waals surface area contributed by atoms with Crippen molar-refractivity contribution in [1.82, 2.24) is 9.80 Å². The molecule has 1 saturated heterocycles. The van der Waals surface area contributed by atoms with Crippen molar-refractivity contribution in [1.29, 1.82) is 0 Å². The second kappa shape index (κ2) is 6.87. The quantitative estimate of drug-likeness (QED) is 0.784. The maximum absolute atomic E-state index is 13.6. The molecule has 4 nitrogen and oxygen atoms in total. The zero-order valence-electron chi connectivity index (χ0n) is 12.0. The molecule has 21 heavy (non-hydrogen) atoms. The third-order valence-corrected chi connectivity index (χ3v) is 4.21. The van der Waals surface area contributed by atoms with Crippen molar-refractivity contribution in [2.75, 3.05) is 19.8 Å². The zero-order chi connectivity index (χ0) is 15.4. The van der Waals surface area contributed by atoms with Crippen LogP contribution in [0.4, 0.5) is 9.18 Å². The molecule has 0 spiro atoms. The highest BCUT2D eigenvalue weighted by Crippen LogP contribution is 2.32. The fourth-order valence-corrected chi connectivity index (χ4v) is 2.80. The standard InChI is InChI=1S/C15H17FN2O2S/c1-3-17(4-2)10-18-14(19)13(21-15(18)20)9-11-7-5-6-8-12(11)16/h5-9H,3-4,10H2,1-2H3/b13-9+. The van der Waals surface area contributed by atoms with Crippen molar-refractivity contribution in [3.63, 3.8) is 0 Å². The molecule has 2 amide bonds. The van der Waals surface area contributed by atoms with Gasteiger partial charge in [-0.2, -0.15) is 0 Å². The number of amides is 2. The Morgan fingerprint density at radius 2 is 1.90 bits per heavy atom. The summed E-state index contributed by atoms with van der Waals surface area (Å²) in [6, 6.07) is 6.17. The fourth-order valence-electron chi connectivity index (χ4n) is 1.98. The molecule has 0 saturated carbocycles. The van der Waals surface area contributed by atoms with Crippen LogP contribution in [-0.2, 0) is 4.79 Å². The van der Waals surface area contributed by atoms with Crippen molar-refractivity contribution in [2.45, 2.75) is 13.8 Å². The lowest BCUT2D eigenvalue weighted by molar-refractivity contribution is -0.124. The number of benzene rings is 1. The van der Waals surface area contributed by atoms with E-state index in [1.165, 1.54) is 17.0 Å². The van der Waals surface area contributed by atoms with E-state index in [1.54, 1.807) is 18.2 Å². The highest BCUT2D eigenvalue weighted by Gasteiger charge is 2.35. The predicted molar refractivity (Wildman–Crippen MR) is 82.0 cm³/mol. The average molecular weight is 308 g/mol. The maximum atomic E-state index is 13.6. The van der Waals surface area contributed by atoms with Gasteiger partial charge in [-0.1, -0.05) is 32.0 Å². The molecule has 1 aromatic carbocycles. The lowest BCUT2D eigenvalue weighted by Gasteiger charge is -2.23. The summed E-state index contributed by atoms with van der Waals surface area (Å²) in [7, 11) is 0. The van der Waals surface area contributed by atoms with E-state index in [4.69, 9.17) is 0 Å². The molecule has 1 fully saturated rings. The van der Waals surface area contributed by atoms with Crippen LogP contribution < -0.4 is 0 Å². The second-order valence-corrected chi connectivity index (χ2v) is 5.57. The van der Waals surface area contributed by atoms with Crippen LogP contribution in [0, 0.1) is 5.82 Å². The molecular weight excluding hydrogens is 291 g/mol. The topological polar surface area (TPSA) is 40.6 Å². The highest BCUT2D eigenvalue weighted by atomic mass is 32.2. The Kier molecular flexibility index (Phi) is 5.14. The van der Waals surface area contributed by atoms with Crippen LogP contribution in [0.1, 0.15) is 19.4 Å². The van der Waals surface area contributed by atoms with Gasteiger partial charge in [-0.3, -0.25) is 19.4 Å². The molecule has 112 valence electrons. The van der Waals surface area contributed by atoms with Gasteiger partial charge in [0.2, 0.25) is 0 Å². The Labute approximate surface area is 127 Å². The Morgan fingerprint density at radius 3 is 2.52 bits per heavy atom. The van der Waals surface area contributed by atoms with Gasteiger partial charge in [0.1, 0.15) is 5.82 Å². The summed E-state index contributed by atoms with van der Waals surface area (Å²) >= 11 is 0.853. The van der Waals surface area contributed by atoms with Gasteiger partial charge < -0.3 is 0 Å². The molecule has 0 bridgehead atoms. The molecule has 6 heteroatoms. The van der Waals surface area contributed by atoms with Crippen LogP contribution in [0.5, 0.6) is 0 Å². The molecule has 2 rings (SSSR count). The second-order valence-electron chi connectivity index (χ2n) is 4.58. The first-order valence-electron chi connectivity index (χ1n) is 6.79. The number of thioether (sulfide) groups is 1. The third-order valence-electron chi connectivity index (χ3n) is 3.30. The number of rotatable bonds is 5. The molecule has 1 aliphatic heterocycles. The molecule has 0 N–H and O–H groups in total. The monoisotopic (exact) mass is 308 g/mol. The first-order chi connectivity index (χ1) is 10.1. The summed E-state index contributed by atoms with van der Waals surface area (Å²) in [6.07, 6.45) is 1.43. The Bertz CT molecular complexity index is 585. The van der Waals surface area contributed by atoms with Crippen LogP contribution in [0.3, 0.4) is 0 Å². The molecule has 0 radical (unpaired) electrons. The van der Waals surface area contributed by atoms with E-state index in [1.807, 2.05) is 18.7 Å². The summed E-state index contributed by atoms with van der Waals surface area (Å²) in [5, 5.41) is -0.311. The van der Waals surface area contributed by atoms with Gasteiger partial charge in [0, 0.05) is 5.56 Å². The average Bonchev–Trinajstić information content (AvgIpc) is 2.74. The van der Waals surface area contributed by atoms with Gasteiger partial charge in [-0.25, -0.2) is 4.39 Å². The van der Waals surface area contributed by atoms with Gasteiger partial charge in [-0.15, -0.1) is 0 Å². The smallest absolute Gasteiger partial charge is 0.286 e. The van der Waals surface area contributed by atoms with E-state index in [9.17, 15) is 14.0 Å². The highest BCUT2D eigenvalue weighted by molar-refractivity contribution is 8.18. The van der Waals surface area contributed by atoms with Crippen LogP contribution in [-0.4, -0.2) is 40.7 Å². The number of carbonyl (C=O) groups is 2. The fraction of sp³-hybridized carbons (Fsp3) is 0.333. The number of hydrogen-bond donors (Lipinski definition) is 0. The Hall–Kier alpha value is -1.66. The maximum Gasteiger partial charge on any atom is 0.294 e. The first kappa shape index (κ1) is 15.7. The van der Waals surface area contributed by atoms with E-state index in [0.717, 1.165) is 24.9 Å². The van der Waals surface area contributed by atoms with E-state index >= 15 is 0 Å². The minimum Gasteiger partial charge on any atom is -0.286 e. The lowest BCUT2D eigenvalue weighted by Crippen LogP contribution is -2.40. The summed E-state index contributed by atoms with van der Waals surface area (Å²) in [4.78, 5) is 27.6. The van der Waals surface area contributed by atoms with Crippen molar-refractivity contribution < 1.29 is 14.0 Å². The number of hydrogen-bond acceptors (Lipinski definition) is 4. The van der Waals surface area contributed by atoms with Crippen molar-refractivity contribution >= 4 is 29.0 Å². The summed E-state index contributed by atoms with van der Waals surface area (Å²) < 4.78 is 13.6. The molecule has 0 aliphatic carbocycles. The van der Waals surface area contributed by atoms with E-state index in [-0.39, 0.29) is 22.7 Å². The van der Waals surface area contributed by atoms with Crippen molar-refractivity contribution in [3.05, 3.63) is 40.6 Å². The predicted octanol–water partition coefficient (Wildman–Crippen LogP) is 3.16. The van der Waals surface area contributed by atoms with E-state index < -0.39 is 5.82 Å². The summed E-state index contributed by atoms with van der Waals surface area (Å²) in [5.74, 6) is -0.770. The van der Waals surface area contributed by atoms with Crippen molar-refractivity contribution in [2.24, 2.45) is 0 Å². The third kappa shape index (κ3) is 3.51. The number of nitrogens with zero attached hydrogens (tertiary/aromatic N) is 2. The van der Waals surface area contributed by atoms with Crippen LogP contribution in [0.15, 0.2) is 29.2 Å². The van der Waals surface area contributed by atoms with Crippen molar-refractivity contribution in [3.8, 4) is 0 Å². The number of imide groups is 1. The molecule has 1 aromatic rings. The minimum atomic E-state index is -0.409. The zero-order valence-corrected chi connectivity index (χ0v) is 12.8. The number of halogens is 1. The van der Waals surface area contributed by atoms with Gasteiger partial charge in [0.05, 0.1) is 11.6 Å². The minimum absolute atomic E-state index is 0.261. The Morgan fingerprint density at radius 1 is 1.24 bits per heavy atom. The summed E-state index contributed by atoms with van der Waals surface area (Å²) in [6.45, 7) is 5.72. The van der Waals surface area contributed by atoms with Gasteiger partial charge in [0.15, 0.2) is 0 Å². The SMILES string of the molecule is CCN(CC)CN1C(=O)S/C(=C/c2ccccc2F)C1=O. The van der Waals surface area contributed by atoms with Crippen LogP contribution in [0.25, 0.3) is 6.08 Å². The Balaban J connectivity index is 2.20. The van der Waals surface area contributed by atoms with E-state index in [2.05, 4.69) is 0 Å². The first-order valence-corrected chi connectivity index (χ1v) is 7.60. The van der Waals surface area contributed by atoms with Gasteiger partial charge in [0.25, 0.3) is 11.1 Å². The van der Waals surface area contributed by atoms with Crippen LogP contribution >= 0.6 is 11.8 Å². The normalized spacial score (nSPS) is 17.3. The molecular formula is C15H17FN2O2S. The van der Waals surface area contributed by atoms with E-state index in [0.29, 0.717) is 5.56 Å².